The highest BCUT2D eigenvalue weighted by Gasteiger charge is 2.15. The average Bonchev–Trinajstić information content (AvgIpc) is 2.74. The zero-order valence-electron chi connectivity index (χ0n) is 15.9. The quantitative estimate of drug-likeness (QED) is 0.555. The number of nitrogens with one attached hydrogen (secondary N) is 1. The Bertz CT molecular complexity index is 824. The summed E-state index contributed by atoms with van der Waals surface area (Å²) in [5.74, 6) is 0.648. The summed E-state index contributed by atoms with van der Waals surface area (Å²) < 4.78 is 5.64. The van der Waals surface area contributed by atoms with Crippen LogP contribution in [0.25, 0.3) is 0 Å². The van der Waals surface area contributed by atoms with Crippen molar-refractivity contribution >= 4 is 5.78 Å². The summed E-state index contributed by atoms with van der Waals surface area (Å²) in [6, 6.07) is 27.3. The van der Waals surface area contributed by atoms with E-state index in [1.165, 1.54) is 6.92 Å². The van der Waals surface area contributed by atoms with Gasteiger partial charge in [-0.1, -0.05) is 60.7 Å². The molecular weight excluding hydrogens is 350 g/mol. The van der Waals surface area contributed by atoms with Crippen LogP contribution in [0.4, 0.5) is 0 Å². The Morgan fingerprint density at radius 1 is 0.893 bits per heavy atom. The minimum Gasteiger partial charge on any atom is -0.491 e. The molecule has 2 N–H and O–H groups in total. The molecule has 28 heavy (non-hydrogen) atoms. The number of Topliss-reactive ketones (excluding diaryl/α,β-unsaturated/α-hetero) is 1. The van der Waals surface area contributed by atoms with Gasteiger partial charge >= 0.3 is 0 Å². The first-order valence-electron chi connectivity index (χ1n) is 9.38. The monoisotopic (exact) mass is 375 g/mol. The van der Waals surface area contributed by atoms with E-state index < -0.39 is 6.10 Å². The molecule has 0 fully saturated rings. The second-order valence-electron chi connectivity index (χ2n) is 6.71. The van der Waals surface area contributed by atoms with Gasteiger partial charge in [-0.3, -0.25) is 4.79 Å². The van der Waals surface area contributed by atoms with E-state index in [4.69, 9.17) is 4.74 Å². The summed E-state index contributed by atoms with van der Waals surface area (Å²) in [7, 11) is 0. The smallest absolute Gasteiger partial charge is 0.159 e. The van der Waals surface area contributed by atoms with Gasteiger partial charge in [0.25, 0.3) is 0 Å². The van der Waals surface area contributed by atoms with Crippen molar-refractivity contribution in [1.82, 2.24) is 5.32 Å². The number of ether oxygens (including phenoxy) is 1. The maximum atomic E-state index is 11.3. The van der Waals surface area contributed by atoms with Gasteiger partial charge in [-0.25, -0.2) is 0 Å². The summed E-state index contributed by atoms with van der Waals surface area (Å²) in [5, 5.41) is 13.8. The molecular formula is C24H25NO3. The van der Waals surface area contributed by atoms with E-state index in [1.54, 1.807) is 24.3 Å². The Morgan fingerprint density at radius 2 is 1.43 bits per heavy atom. The van der Waals surface area contributed by atoms with Crippen LogP contribution in [-0.2, 0) is 0 Å². The maximum absolute atomic E-state index is 11.3. The zero-order valence-corrected chi connectivity index (χ0v) is 15.9. The van der Waals surface area contributed by atoms with Gasteiger partial charge < -0.3 is 15.2 Å². The highest BCUT2D eigenvalue weighted by atomic mass is 16.5. The van der Waals surface area contributed by atoms with Gasteiger partial charge in [-0.2, -0.15) is 0 Å². The van der Waals surface area contributed by atoms with Crippen molar-refractivity contribution < 1.29 is 14.6 Å². The van der Waals surface area contributed by atoms with Crippen molar-refractivity contribution in [2.75, 3.05) is 13.2 Å². The van der Waals surface area contributed by atoms with E-state index in [2.05, 4.69) is 29.6 Å². The van der Waals surface area contributed by atoms with Crippen LogP contribution in [0.1, 0.15) is 34.5 Å². The highest BCUT2D eigenvalue weighted by molar-refractivity contribution is 5.94. The molecule has 0 saturated carbocycles. The molecule has 1 atom stereocenters. The summed E-state index contributed by atoms with van der Waals surface area (Å²) in [6.45, 7) is 2.09. The van der Waals surface area contributed by atoms with Crippen LogP contribution in [0.15, 0.2) is 84.9 Å². The van der Waals surface area contributed by atoms with E-state index in [-0.39, 0.29) is 18.4 Å². The predicted octanol–water partition coefficient (Wildman–Crippen LogP) is 4.01. The molecule has 4 heteroatoms. The Hall–Kier alpha value is -2.95. The fraction of sp³-hybridized carbons (Fsp3) is 0.208. The molecule has 0 aliphatic heterocycles. The number of rotatable bonds is 9. The molecule has 0 aliphatic rings. The van der Waals surface area contributed by atoms with Crippen LogP contribution < -0.4 is 10.1 Å². The molecule has 0 amide bonds. The Kier molecular flexibility index (Phi) is 6.95. The minimum absolute atomic E-state index is 0.00750. The Balaban J connectivity index is 1.57. The maximum Gasteiger partial charge on any atom is 0.159 e. The topological polar surface area (TPSA) is 58.6 Å². The molecule has 0 bridgehead atoms. The van der Waals surface area contributed by atoms with Crippen molar-refractivity contribution in [3.8, 4) is 5.75 Å². The predicted molar refractivity (Wildman–Crippen MR) is 111 cm³/mol. The summed E-state index contributed by atoms with van der Waals surface area (Å²) >= 11 is 0. The van der Waals surface area contributed by atoms with Crippen LogP contribution in [-0.4, -0.2) is 30.1 Å². The summed E-state index contributed by atoms with van der Waals surface area (Å²) in [6.07, 6.45) is -0.664. The van der Waals surface area contributed by atoms with Crippen LogP contribution in [0.2, 0.25) is 0 Å². The Labute approximate surface area is 165 Å². The van der Waals surface area contributed by atoms with Gasteiger partial charge in [-0.15, -0.1) is 0 Å². The molecule has 4 nitrogen and oxygen atoms in total. The summed E-state index contributed by atoms with van der Waals surface area (Å²) in [4.78, 5) is 11.3. The third-order valence-electron chi connectivity index (χ3n) is 4.53. The average molecular weight is 375 g/mol. The standard InChI is InChI=1S/C24H25NO3/c1-18(26)19-12-14-23(15-13-19)28-17-22(27)16-25-24(20-8-4-2-5-9-20)21-10-6-3-7-11-21/h2-15,22,24-25,27H,16-17H2,1H3. The van der Waals surface area contributed by atoms with Crippen molar-refractivity contribution in [3.05, 3.63) is 102 Å². The Morgan fingerprint density at radius 3 is 1.93 bits per heavy atom. The van der Waals surface area contributed by atoms with E-state index in [0.717, 1.165) is 11.1 Å². The second kappa shape index (κ2) is 9.83. The second-order valence-corrected chi connectivity index (χ2v) is 6.71. The van der Waals surface area contributed by atoms with Crippen molar-refractivity contribution in [2.45, 2.75) is 19.1 Å². The largest absolute Gasteiger partial charge is 0.491 e. The minimum atomic E-state index is -0.664. The molecule has 0 heterocycles. The molecule has 3 aromatic rings. The third kappa shape index (κ3) is 5.52. The lowest BCUT2D eigenvalue weighted by Crippen LogP contribution is -2.34. The van der Waals surface area contributed by atoms with Crippen LogP contribution in [0.5, 0.6) is 5.75 Å². The molecule has 1 unspecified atom stereocenters. The molecule has 0 radical (unpaired) electrons. The zero-order chi connectivity index (χ0) is 19.8. The van der Waals surface area contributed by atoms with Gasteiger partial charge in [0, 0.05) is 12.1 Å². The number of benzene rings is 3. The molecule has 0 aliphatic carbocycles. The van der Waals surface area contributed by atoms with Gasteiger partial charge in [-0.05, 0) is 42.3 Å². The fourth-order valence-corrected chi connectivity index (χ4v) is 3.01. The van der Waals surface area contributed by atoms with Gasteiger partial charge in [0.15, 0.2) is 5.78 Å². The molecule has 3 aromatic carbocycles. The molecule has 3 rings (SSSR count). The van der Waals surface area contributed by atoms with E-state index in [0.29, 0.717) is 17.9 Å². The van der Waals surface area contributed by atoms with Crippen molar-refractivity contribution in [2.24, 2.45) is 0 Å². The van der Waals surface area contributed by atoms with Crippen LogP contribution in [0.3, 0.4) is 0 Å². The first-order chi connectivity index (χ1) is 13.6. The summed E-state index contributed by atoms with van der Waals surface area (Å²) in [5.41, 5.74) is 2.92. The van der Waals surface area contributed by atoms with E-state index in [9.17, 15) is 9.90 Å². The van der Waals surface area contributed by atoms with Gasteiger partial charge in [0.1, 0.15) is 18.5 Å². The van der Waals surface area contributed by atoms with E-state index >= 15 is 0 Å². The molecule has 0 spiro atoms. The lowest BCUT2D eigenvalue weighted by Gasteiger charge is -2.22. The third-order valence-corrected chi connectivity index (χ3v) is 4.53. The first kappa shape index (κ1) is 19.8. The SMILES string of the molecule is CC(=O)c1ccc(OCC(O)CNC(c2ccccc2)c2ccccc2)cc1. The number of aliphatic hydroxyl groups excluding tert-OH is 1. The van der Waals surface area contributed by atoms with Gasteiger partial charge in [0.2, 0.25) is 0 Å². The number of carbonyl (C=O) groups is 1. The van der Waals surface area contributed by atoms with Crippen molar-refractivity contribution in [3.63, 3.8) is 0 Å². The lowest BCUT2D eigenvalue weighted by atomic mass is 9.98. The number of hydrogen-bond donors (Lipinski definition) is 2. The van der Waals surface area contributed by atoms with Crippen molar-refractivity contribution in [1.29, 1.82) is 0 Å². The fourth-order valence-electron chi connectivity index (χ4n) is 3.01. The number of aliphatic hydroxyl groups is 1. The first-order valence-corrected chi connectivity index (χ1v) is 9.38. The molecule has 0 saturated heterocycles. The highest BCUT2D eigenvalue weighted by Crippen LogP contribution is 2.21. The number of ketones is 1. The van der Waals surface area contributed by atoms with Crippen LogP contribution in [0, 0.1) is 0 Å². The number of carbonyl (C=O) groups excluding carboxylic acids is 1. The van der Waals surface area contributed by atoms with Crippen LogP contribution >= 0.6 is 0 Å². The number of hydrogen-bond acceptors (Lipinski definition) is 4. The normalized spacial score (nSPS) is 12.0. The molecule has 0 aromatic heterocycles. The molecule has 144 valence electrons. The van der Waals surface area contributed by atoms with E-state index in [1.807, 2.05) is 36.4 Å². The van der Waals surface area contributed by atoms with Gasteiger partial charge in [0.05, 0.1) is 6.04 Å². The lowest BCUT2D eigenvalue weighted by molar-refractivity contribution is 0.101.